The van der Waals surface area contributed by atoms with Crippen LogP contribution in [0.15, 0.2) is 0 Å². The summed E-state index contributed by atoms with van der Waals surface area (Å²) in [5, 5.41) is 0. The lowest BCUT2D eigenvalue weighted by molar-refractivity contribution is 0.354. The van der Waals surface area contributed by atoms with Gasteiger partial charge < -0.3 is 0 Å². The fourth-order valence-electron chi connectivity index (χ4n) is 1.52. The van der Waals surface area contributed by atoms with E-state index in [1.165, 1.54) is 6.42 Å². The zero-order valence-corrected chi connectivity index (χ0v) is 8.19. The van der Waals surface area contributed by atoms with Gasteiger partial charge in [-0.15, -0.1) is 0 Å². The second-order valence-corrected chi connectivity index (χ2v) is 5.84. The van der Waals surface area contributed by atoms with Crippen molar-refractivity contribution in [3.63, 3.8) is 0 Å². The predicted octanol–water partition coefficient (Wildman–Crippen LogP) is 1.12. The van der Waals surface area contributed by atoms with Gasteiger partial charge in [-0.3, -0.25) is 4.21 Å². The molecule has 1 aliphatic heterocycles. The molecule has 0 radical (unpaired) electrons. The lowest BCUT2D eigenvalue weighted by atomic mass is 10.3. The summed E-state index contributed by atoms with van der Waals surface area (Å²) in [7, 11) is -1.89. The van der Waals surface area contributed by atoms with E-state index >= 15 is 0 Å². The average molecular weight is 175 g/mol. The molecule has 3 heteroatoms. The van der Waals surface area contributed by atoms with Crippen LogP contribution in [0.1, 0.15) is 26.7 Å². The van der Waals surface area contributed by atoms with Gasteiger partial charge in [0.25, 0.3) is 0 Å². The second kappa shape index (κ2) is 3.15. The molecule has 0 N–H and O–H groups in total. The van der Waals surface area contributed by atoms with Crippen molar-refractivity contribution in [3.05, 3.63) is 0 Å². The maximum absolute atomic E-state index is 11.8. The van der Waals surface area contributed by atoms with E-state index in [-0.39, 0.29) is 0 Å². The van der Waals surface area contributed by atoms with E-state index in [4.69, 9.17) is 0 Å². The molecule has 1 atom stereocenters. The standard InChI is InChI=1S/C8H17NOS/c1-8(2)9-6-4-5-7-11(9,3)10/h8H,3-7H2,1-2H3. The molecule has 1 heterocycles. The van der Waals surface area contributed by atoms with Crippen molar-refractivity contribution in [3.8, 4) is 0 Å². The zero-order chi connectivity index (χ0) is 8.48. The predicted molar refractivity (Wildman–Crippen MR) is 51.2 cm³/mol. The van der Waals surface area contributed by atoms with Crippen molar-refractivity contribution in [1.29, 1.82) is 0 Å². The second-order valence-electron chi connectivity index (χ2n) is 3.42. The highest BCUT2D eigenvalue weighted by atomic mass is 32.2. The highest BCUT2D eigenvalue weighted by Gasteiger charge is 2.22. The molecule has 1 aliphatic rings. The molecule has 1 fully saturated rings. The first-order valence-corrected chi connectivity index (χ1v) is 6.01. The maximum atomic E-state index is 11.8. The molecule has 1 unspecified atom stereocenters. The fourth-order valence-corrected chi connectivity index (χ4v) is 3.64. The molecule has 0 spiro atoms. The minimum Gasteiger partial charge on any atom is -0.253 e. The first kappa shape index (κ1) is 9.07. The Kier molecular flexibility index (Phi) is 2.60. The van der Waals surface area contributed by atoms with Crippen LogP contribution in [0.3, 0.4) is 0 Å². The fraction of sp³-hybridized carbons (Fsp3) is 0.875. The van der Waals surface area contributed by atoms with Crippen molar-refractivity contribution in [2.75, 3.05) is 12.3 Å². The summed E-state index contributed by atoms with van der Waals surface area (Å²) in [6.07, 6.45) is 2.25. The maximum Gasteiger partial charge on any atom is 0.0291 e. The summed E-state index contributed by atoms with van der Waals surface area (Å²) >= 11 is 0. The summed E-state index contributed by atoms with van der Waals surface area (Å²) in [6.45, 7) is 5.12. The van der Waals surface area contributed by atoms with Gasteiger partial charge in [0.15, 0.2) is 0 Å². The topological polar surface area (TPSA) is 20.3 Å². The molecule has 0 aromatic carbocycles. The lowest BCUT2D eigenvalue weighted by Gasteiger charge is -2.33. The van der Waals surface area contributed by atoms with Crippen LogP contribution in [0, 0.1) is 0 Å². The van der Waals surface area contributed by atoms with E-state index < -0.39 is 9.71 Å². The lowest BCUT2D eigenvalue weighted by Crippen LogP contribution is -2.42. The first-order chi connectivity index (χ1) is 5.04. The van der Waals surface area contributed by atoms with Crippen molar-refractivity contribution < 1.29 is 4.21 Å². The van der Waals surface area contributed by atoms with Gasteiger partial charge in [0, 0.05) is 28.0 Å². The zero-order valence-electron chi connectivity index (χ0n) is 7.38. The molecule has 1 saturated heterocycles. The van der Waals surface area contributed by atoms with Crippen LogP contribution in [0.2, 0.25) is 0 Å². The van der Waals surface area contributed by atoms with Gasteiger partial charge in [-0.25, -0.2) is 4.31 Å². The highest BCUT2D eigenvalue weighted by Crippen LogP contribution is 2.15. The summed E-state index contributed by atoms with van der Waals surface area (Å²) in [6, 6.07) is 0.375. The van der Waals surface area contributed by atoms with Gasteiger partial charge in [-0.05, 0) is 32.6 Å². The van der Waals surface area contributed by atoms with E-state index in [1.54, 1.807) is 0 Å². The Labute approximate surface area is 69.7 Å². The van der Waals surface area contributed by atoms with Crippen molar-refractivity contribution in [2.45, 2.75) is 32.7 Å². The van der Waals surface area contributed by atoms with E-state index in [2.05, 4.69) is 19.7 Å². The normalized spacial score (nSPS) is 34.5. The van der Waals surface area contributed by atoms with E-state index in [1.807, 2.05) is 4.31 Å². The van der Waals surface area contributed by atoms with Crippen molar-refractivity contribution in [1.82, 2.24) is 4.31 Å². The molecule has 0 aromatic heterocycles. The third-order valence-corrected chi connectivity index (χ3v) is 4.48. The van der Waals surface area contributed by atoms with Gasteiger partial charge in [0.05, 0.1) is 0 Å². The van der Waals surface area contributed by atoms with Crippen molar-refractivity contribution in [2.24, 2.45) is 0 Å². The van der Waals surface area contributed by atoms with E-state index in [0.29, 0.717) is 6.04 Å². The van der Waals surface area contributed by atoms with Crippen LogP contribution in [0.4, 0.5) is 0 Å². The Hall–Kier alpha value is -0.0200. The first-order valence-electron chi connectivity index (χ1n) is 4.16. The van der Waals surface area contributed by atoms with Crippen LogP contribution in [-0.2, 0) is 9.71 Å². The third kappa shape index (κ3) is 1.97. The molecule has 0 amide bonds. The molecule has 0 saturated carbocycles. The third-order valence-electron chi connectivity index (χ3n) is 2.10. The quantitative estimate of drug-likeness (QED) is 0.547. The van der Waals surface area contributed by atoms with Gasteiger partial charge in [0.2, 0.25) is 0 Å². The summed E-state index contributed by atoms with van der Waals surface area (Å²) in [5.74, 6) is 4.57. The number of hydrogen-bond acceptors (Lipinski definition) is 1. The van der Waals surface area contributed by atoms with Gasteiger partial charge in [0.1, 0.15) is 0 Å². The average Bonchev–Trinajstić information content (AvgIpc) is 1.85. The van der Waals surface area contributed by atoms with Crippen LogP contribution in [0.5, 0.6) is 0 Å². The monoisotopic (exact) mass is 175 g/mol. The molecule has 66 valence electrons. The molecule has 0 aromatic rings. The smallest absolute Gasteiger partial charge is 0.0291 e. The number of nitrogens with zero attached hydrogens (tertiary/aromatic N) is 1. The molecule has 0 bridgehead atoms. The Morgan fingerprint density at radius 2 is 2.09 bits per heavy atom. The molecule has 1 rings (SSSR count). The highest BCUT2D eigenvalue weighted by molar-refractivity contribution is 7.98. The van der Waals surface area contributed by atoms with Crippen LogP contribution < -0.4 is 0 Å². The van der Waals surface area contributed by atoms with E-state index in [9.17, 15) is 4.21 Å². The Morgan fingerprint density at radius 1 is 1.45 bits per heavy atom. The Bertz CT molecular complexity index is 218. The van der Waals surface area contributed by atoms with Crippen LogP contribution in [0.25, 0.3) is 0 Å². The SMILES string of the molecule is C=S1(=O)CCCCN1C(C)C. The summed E-state index contributed by atoms with van der Waals surface area (Å²) in [4.78, 5) is 0. The minimum absolute atomic E-state index is 0.375. The molecule has 11 heavy (non-hydrogen) atoms. The molecule has 0 aliphatic carbocycles. The Morgan fingerprint density at radius 3 is 2.45 bits per heavy atom. The largest absolute Gasteiger partial charge is 0.253 e. The van der Waals surface area contributed by atoms with Crippen LogP contribution in [-0.4, -0.2) is 32.7 Å². The van der Waals surface area contributed by atoms with Gasteiger partial charge in [-0.1, -0.05) is 0 Å². The van der Waals surface area contributed by atoms with Gasteiger partial charge in [-0.2, -0.15) is 0 Å². The summed E-state index contributed by atoms with van der Waals surface area (Å²) in [5.41, 5.74) is 0. The van der Waals surface area contributed by atoms with Crippen molar-refractivity contribution >= 4 is 15.6 Å². The summed E-state index contributed by atoms with van der Waals surface area (Å²) < 4.78 is 13.8. The Balaban J connectivity index is 2.76. The molecular weight excluding hydrogens is 158 g/mol. The van der Waals surface area contributed by atoms with Gasteiger partial charge >= 0.3 is 0 Å². The number of hydrogen-bond donors (Lipinski definition) is 0. The van der Waals surface area contributed by atoms with E-state index in [0.717, 1.165) is 18.7 Å². The molecular formula is C8H17NOS. The number of rotatable bonds is 1. The van der Waals surface area contributed by atoms with Crippen LogP contribution >= 0.6 is 0 Å². The molecule has 2 nitrogen and oxygen atoms in total. The minimum atomic E-state index is -1.89.